The molecule has 0 heterocycles. The van der Waals surface area contributed by atoms with Gasteiger partial charge in [0.25, 0.3) is 0 Å². The topological polar surface area (TPSA) is 32.3 Å². The molecular weight excluding hydrogens is 200 g/mol. The van der Waals surface area contributed by atoms with E-state index in [4.69, 9.17) is 0 Å². The van der Waals surface area contributed by atoms with Gasteiger partial charge in [-0.25, -0.2) is 4.79 Å². The minimum Gasteiger partial charge on any atom is -0.336 e. The Balaban J connectivity index is 1.79. The van der Waals surface area contributed by atoms with E-state index in [-0.39, 0.29) is 12.1 Å². The third-order valence-corrected chi connectivity index (χ3v) is 4.15. The number of carbonyl (C=O) groups excluding carboxylic acids is 1. The quantitative estimate of drug-likeness (QED) is 0.784. The van der Waals surface area contributed by atoms with E-state index in [2.05, 4.69) is 5.32 Å². The highest BCUT2D eigenvalue weighted by atomic mass is 16.2. The molecule has 2 aliphatic carbocycles. The zero-order valence-corrected chi connectivity index (χ0v) is 10.7. The molecule has 2 bridgehead atoms. The van der Waals surface area contributed by atoms with Crippen molar-refractivity contribution in [3.05, 3.63) is 0 Å². The summed E-state index contributed by atoms with van der Waals surface area (Å²) in [6.45, 7) is 4.95. The van der Waals surface area contributed by atoms with E-state index in [1.165, 1.54) is 25.7 Å². The molecule has 0 radical (unpaired) electrons. The van der Waals surface area contributed by atoms with Crippen molar-refractivity contribution in [3.8, 4) is 0 Å². The normalized spacial score (nSPS) is 32.1. The standard InChI is InChI=1S/C13H24N2O/c1-9(2)14-13(16)15(3)8-12-7-10-4-5-11(12)6-10/h9-12H,4-8H2,1-3H3,(H,14,16). The lowest BCUT2D eigenvalue weighted by Crippen LogP contribution is -2.43. The number of hydrogen-bond acceptors (Lipinski definition) is 1. The van der Waals surface area contributed by atoms with Crippen LogP contribution in [0, 0.1) is 17.8 Å². The molecule has 2 rings (SSSR count). The second-order valence-electron chi connectivity index (χ2n) is 5.92. The van der Waals surface area contributed by atoms with Gasteiger partial charge in [0.05, 0.1) is 0 Å². The zero-order valence-electron chi connectivity index (χ0n) is 10.7. The summed E-state index contributed by atoms with van der Waals surface area (Å²) in [5.41, 5.74) is 0. The molecule has 2 amide bonds. The van der Waals surface area contributed by atoms with Gasteiger partial charge < -0.3 is 10.2 Å². The largest absolute Gasteiger partial charge is 0.336 e. The Morgan fingerprint density at radius 3 is 2.62 bits per heavy atom. The molecule has 0 aromatic carbocycles. The van der Waals surface area contributed by atoms with E-state index in [0.29, 0.717) is 0 Å². The number of fused-ring (bicyclic) bond motifs is 2. The molecule has 0 saturated heterocycles. The fraction of sp³-hybridized carbons (Fsp3) is 0.923. The van der Waals surface area contributed by atoms with Gasteiger partial charge >= 0.3 is 6.03 Å². The van der Waals surface area contributed by atoms with Crippen molar-refractivity contribution in [3.63, 3.8) is 0 Å². The molecule has 2 fully saturated rings. The maximum Gasteiger partial charge on any atom is 0.317 e. The minimum absolute atomic E-state index is 0.0813. The van der Waals surface area contributed by atoms with Crippen LogP contribution in [0.1, 0.15) is 39.5 Å². The van der Waals surface area contributed by atoms with E-state index in [9.17, 15) is 4.79 Å². The predicted octanol–water partition coefficient (Wildman–Crippen LogP) is 2.47. The zero-order chi connectivity index (χ0) is 11.7. The molecule has 92 valence electrons. The van der Waals surface area contributed by atoms with Crippen LogP contribution in [0.15, 0.2) is 0 Å². The Morgan fingerprint density at radius 2 is 2.12 bits per heavy atom. The van der Waals surface area contributed by atoms with Gasteiger partial charge in [-0.05, 0) is 50.9 Å². The van der Waals surface area contributed by atoms with Gasteiger partial charge in [-0.3, -0.25) is 0 Å². The molecule has 0 aromatic rings. The Morgan fingerprint density at radius 1 is 1.38 bits per heavy atom. The van der Waals surface area contributed by atoms with Crippen LogP contribution < -0.4 is 5.32 Å². The maximum atomic E-state index is 11.8. The maximum absolute atomic E-state index is 11.8. The van der Waals surface area contributed by atoms with E-state index in [1.54, 1.807) is 0 Å². The highest BCUT2D eigenvalue weighted by Crippen LogP contribution is 2.48. The summed E-state index contributed by atoms with van der Waals surface area (Å²) in [4.78, 5) is 13.6. The summed E-state index contributed by atoms with van der Waals surface area (Å²) < 4.78 is 0. The van der Waals surface area contributed by atoms with Crippen LogP contribution >= 0.6 is 0 Å². The lowest BCUT2D eigenvalue weighted by atomic mass is 9.88. The van der Waals surface area contributed by atoms with Gasteiger partial charge in [0.1, 0.15) is 0 Å². The first kappa shape index (κ1) is 11.7. The van der Waals surface area contributed by atoms with Crippen molar-refractivity contribution in [2.45, 2.75) is 45.6 Å². The molecule has 3 nitrogen and oxygen atoms in total. The van der Waals surface area contributed by atoms with E-state index in [0.717, 1.165) is 24.3 Å². The number of nitrogens with one attached hydrogen (secondary N) is 1. The smallest absolute Gasteiger partial charge is 0.317 e. The molecule has 2 saturated carbocycles. The molecule has 3 atom stereocenters. The summed E-state index contributed by atoms with van der Waals surface area (Å²) >= 11 is 0. The Labute approximate surface area is 98.6 Å². The molecule has 0 aromatic heterocycles. The Bertz CT molecular complexity index is 265. The average molecular weight is 224 g/mol. The number of hydrogen-bond donors (Lipinski definition) is 1. The van der Waals surface area contributed by atoms with Crippen molar-refractivity contribution in [1.82, 2.24) is 10.2 Å². The second-order valence-corrected chi connectivity index (χ2v) is 5.92. The molecule has 1 N–H and O–H groups in total. The SMILES string of the molecule is CC(C)NC(=O)N(C)CC1CC2CCC1C2. The predicted molar refractivity (Wildman–Crippen MR) is 65.2 cm³/mol. The van der Waals surface area contributed by atoms with Gasteiger partial charge in [-0.15, -0.1) is 0 Å². The molecule has 3 unspecified atom stereocenters. The molecule has 0 aliphatic heterocycles. The number of urea groups is 1. The number of rotatable bonds is 3. The summed E-state index contributed by atoms with van der Waals surface area (Å²) in [5, 5.41) is 2.95. The molecule has 2 aliphatic rings. The first-order chi connectivity index (χ1) is 7.56. The third-order valence-electron chi connectivity index (χ3n) is 4.15. The van der Waals surface area contributed by atoms with Crippen LogP contribution in [-0.2, 0) is 0 Å². The van der Waals surface area contributed by atoms with Crippen molar-refractivity contribution in [1.29, 1.82) is 0 Å². The van der Waals surface area contributed by atoms with Crippen molar-refractivity contribution in [2.24, 2.45) is 17.8 Å². The minimum atomic E-state index is 0.0813. The van der Waals surface area contributed by atoms with Gasteiger partial charge in [-0.1, -0.05) is 6.42 Å². The lowest BCUT2D eigenvalue weighted by molar-refractivity contribution is 0.186. The Hall–Kier alpha value is -0.730. The van der Waals surface area contributed by atoms with Crippen LogP contribution in [0.5, 0.6) is 0 Å². The Kier molecular flexibility index (Phi) is 3.41. The van der Waals surface area contributed by atoms with Gasteiger partial charge in [0, 0.05) is 19.6 Å². The van der Waals surface area contributed by atoms with E-state index < -0.39 is 0 Å². The first-order valence-electron chi connectivity index (χ1n) is 6.58. The van der Waals surface area contributed by atoms with Crippen molar-refractivity contribution in [2.75, 3.05) is 13.6 Å². The summed E-state index contributed by atoms with van der Waals surface area (Å²) in [7, 11) is 1.92. The molecule has 3 heteroatoms. The van der Waals surface area contributed by atoms with Crippen molar-refractivity contribution >= 4 is 6.03 Å². The van der Waals surface area contributed by atoms with Gasteiger partial charge in [0.2, 0.25) is 0 Å². The monoisotopic (exact) mass is 224 g/mol. The van der Waals surface area contributed by atoms with Crippen LogP contribution in [0.4, 0.5) is 4.79 Å². The summed E-state index contributed by atoms with van der Waals surface area (Å²) in [5.74, 6) is 2.64. The first-order valence-corrected chi connectivity index (χ1v) is 6.58. The van der Waals surface area contributed by atoms with Crippen LogP contribution in [0.2, 0.25) is 0 Å². The molecular formula is C13H24N2O. The average Bonchev–Trinajstić information content (AvgIpc) is 2.77. The molecule has 0 spiro atoms. The van der Waals surface area contributed by atoms with Crippen LogP contribution in [-0.4, -0.2) is 30.6 Å². The molecule has 16 heavy (non-hydrogen) atoms. The third kappa shape index (κ3) is 2.50. The van der Waals surface area contributed by atoms with Crippen LogP contribution in [0.25, 0.3) is 0 Å². The number of carbonyl (C=O) groups is 1. The van der Waals surface area contributed by atoms with Crippen molar-refractivity contribution < 1.29 is 4.79 Å². The van der Waals surface area contributed by atoms with Crippen LogP contribution in [0.3, 0.4) is 0 Å². The fourth-order valence-electron chi connectivity index (χ4n) is 3.39. The fourth-order valence-corrected chi connectivity index (χ4v) is 3.39. The van der Waals surface area contributed by atoms with E-state index in [1.807, 2.05) is 25.8 Å². The lowest BCUT2D eigenvalue weighted by Gasteiger charge is -2.27. The highest BCUT2D eigenvalue weighted by molar-refractivity contribution is 5.74. The second kappa shape index (κ2) is 4.64. The van der Waals surface area contributed by atoms with Gasteiger partial charge in [0.15, 0.2) is 0 Å². The van der Waals surface area contributed by atoms with Gasteiger partial charge in [-0.2, -0.15) is 0 Å². The number of nitrogens with zero attached hydrogens (tertiary/aromatic N) is 1. The van der Waals surface area contributed by atoms with E-state index >= 15 is 0 Å². The summed E-state index contributed by atoms with van der Waals surface area (Å²) in [6, 6.07) is 0.313. The highest BCUT2D eigenvalue weighted by Gasteiger charge is 2.40. The number of amides is 2. The summed E-state index contributed by atoms with van der Waals surface area (Å²) in [6.07, 6.45) is 5.60.